The highest BCUT2D eigenvalue weighted by Crippen LogP contribution is 2.23. The molecule has 1 heterocycles. The molecular formula is C17H27ClN2O. The van der Waals surface area contributed by atoms with Gasteiger partial charge in [-0.2, -0.15) is 0 Å². The van der Waals surface area contributed by atoms with Crippen molar-refractivity contribution in [2.45, 2.75) is 51.6 Å². The molecule has 1 amide bonds. The normalized spacial score (nSPS) is 23.9. The van der Waals surface area contributed by atoms with Crippen molar-refractivity contribution >= 4 is 18.3 Å². The van der Waals surface area contributed by atoms with Crippen LogP contribution in [0, 0.1) is 5.92 Å². The highest BCUT2D eigenvalue weighted by Gasteiger charge is 2.26. The average molecular weight is 311 g/mol. The van der Waals surface area contributed by atoms with Crippen molar-refractivity contribution < 1.29 is 4.79 Å². The molecule has 1 aliphatic heterocycles. The number of carbonyl (C=O) groups excluding carboxylic acids is 1. The number of halogens is 1. The Kier molecular flexibility index (Phi) is 7.20. The van der Waals surface area contributed by atoms with Gasteiger partial charge in [0.1, 0.15) is 0 Å². The molecule has 0 bridgehead atoms. The van der Waals surface area contributed by atoms with Gasteiger partial charge >= 0.3 is 0 Å². The van der Waals surface area contributed by atoms with E-state index in [1.165, 1.54) is 12.8 Å². The fourth-order valence-electron chi connectivity index (χ4n) is 3.00. The summed E-state index contributed by atoms with van der Waals surface area (Å²) in [6.45, 7) is 5.26. The molecule has 1 saturated heterocycles. The van der Waals surface area contributed by atoms with Gasteiger partial charge in [0.05, 0.1) is 0 Å². The standard InChI is InChI=1S/C17H26N2O.ClH/c1-13-7-6-8-14(2)19(12-13)17(20)11-16(18)15-9-4-3-5-10-15;/h3-5,9-10,13-14,16H,6-8,11-12,18H2,1-2H3;1H. The third kappa shape index (κ3) is 5.01. The van der Waals surface area contributed by atoms with E-state index in [1.807, 2.05) is 35.2 Å². The van der Waals surface area contributed by atoms with E-state index in [9.17, 15) is 4.79 Å². The summed E-state index contributed by atoms with van der Waals surface area (Å²) in [6, 6.07) is 10.0. The average Bonchev–Trinajstić information content (AvgIpc) is 2.61. The van der Waals surface area contributed by atoms with Gasteiger partial charge in [-0.05, 0) is 31.2 Å². The van der Waals surface area contributed by atoms with Gasteiger partial charge in [-0.15, -0.1) is 12.4 Å². The van der Waals surface area contributed by atoms with Crippen LogP contribution in [-0.2, 0) is 4.79 Å². The van der Waals surface area contributed by atoms with Gasteiger partial charge < -0.3 is 10.6 Å². The Hall–Kier alpha value is -1.06. The molecule has 1 aromatic carbocycles. The third-order valence-electron chi connectivity index (χ3n) is 4.30. The number of hydrogen-bond acceptors (Lipinski definition) is 2. The van der Waals surface area contributed by atoms with E-state index in [0.29, 0.717) is 18.4 Å². The molecule has 2 N–H and O–H groups in total. The van der Waals surface area contributed by atoms with E-state index in [1.54, 1.807) is 0 Å². The van der Waals surface area contributed by atoms with Crippen molar-refractivity contribution in [2.75, 3.05) is 6.54 Å². The molecule has 3 nitrogen and oxygen atoms in total. The van der Waals surface area contributed by atoms with Crippen molar-refractivity contribution in [1.29, 1.82) is 0 Å². The lowest BCUT2D eigenvalue weighted by Gasteiger charge is -2.30. The van der Waals surface area contributed by atoms with Crippen LogP contribution < -0.4 is 5.73 Å². The van der Waals surface area contributed by atoms with Crippen molar-refractivity contribution in [1.82, 2.24) is 4.90 Å². The Morgan fingerprint density at radius 2 is 1.95 bits per heavy atom. The number of rotatable bonds is 3. The van der Waals surface area contributed by atoms with Crippen LogP contribution in [0.2, 0.25) is 0 Å². The highest BCUT2D eigenvalue weighted by molar-refractivity contribution is 5.85. The molecule has 118 valence electrons. The maximum Gasteiger partial charge on any atom is 0.224 e. The minimum atomic E-state index is -0.200. The van der Waals surface area contributed by atoms with Crippen LogP contribution in [0.25, 0.3) is 0 Å². The maximum absolute atomic E-state index is 12.5. The molecule has 0 radical (unpaired) electrons. The maximum atomic E-state index is 12.5. The lowest BCUT2D eigenvalue weighted by Crippen LogP contribution is -2.41. The predicted octanol–water partition coefficient (Wildman–Crippen LogP) is 3.54. The van der Waals surface area contributed by atoms with E-state index in [4.69, 9.17) is 5.73 Å². The van der Waals surface area contributed by atoms with Crippen LogP contribution in [0.5, 0.6) is 0 Å². The van der Waals surface area contributed by atoms with Gasteiger partial charge in [-0.3, -0.25) is 4.79 Å². The number of amides is 1. The quantitative estimate of drug-likeness (QED) is 0.928. The second-order valence-corrected chi connectivity index (χ2v) is 6.15. The molecule has 1 fully saturated rings. The van der Waals surface area contributed by atoms with Gasteiger partial charge in [-0.1, -0.05) is 43.7 Å². The second kappa shape index (κ2) is 8.40. The molecule has 1 aliphatic rings. The molecule has 3 unspecified atom stereocenters. The first-order chi connectivity index (χ1) is 9.58. The first kappa shape index (κ1) is 18.0. The Morgan fingerprint density at radius 3 is 2.62 bits per heavy atom. The largest absolute Gasteiger partial charge is 0.340 e. The van der Waals surface area contributed by atoms with Crippen LogP contribution in [0.3, 0.4) is 0 Å². The summed E-state index contributed by atoms with van der Waals surface area (Å²) < 4.78 is 0. The number of carbonyl (C=O) groups is 1. The Balaban J connectivity index is 0.00000220. The number of nitrogens with two attached hydrogens (primary N) is 1. The molecule has 21 heavy (non-hydrogen) atoms. The zero-order valence-corrected chi connectivity index (χ0v) is 13.8. The zero-order valence-electron chi connectivity index (χ0n) is 13.0. The van der Waals surface area contributed by atoms with Gasteiger partial charge in [0, 0.05) is 25.0 Å². The molecule has 4 heteroatoms. The fraction of sp³-hybridized carbons (Fsp3) is 0.588. The predicted molar refractivity (Wildman–Crippen MR) is 89.4 cm³/mol. The number of likely N-dealkylation sites (tertiary alicyclic amines) is 1. The Bertz CT molecular complexity index is 438. The summed E-state index contributed by atoms with van der Waals surface area (Å²) in [5, 5.41) is 0. The van der Waals surface area contributed by atoms with Crippen LogP contribution in [0.4, 0.5) is 0 Å². The van der Waals surface area contributed by atoms with E-state index in [0.717, 1.165) is 18.5 Å². The van der Waals surface area contributed by atoms with E-state index < -0.39 is 0 Å². The van der Waals surface area contributed by atoms with Crippen LogP contribution >= 0.6 is 12.4 Å². The molecular weight excluding hydrogens is 284 g/mol. The van der Waals surface area contributed by atoms with Gasteiger partial charge in [0.2, 0.25) is 5.91 Å². The smallest absolute Gasteiger partial charge is 0.224 e. The van der Waals surface area contributed by atoms with Crippen molar-refractivity contribution in [3.05, 3.63) is 35.9 Å². The number of nitrogens with zero attached hydrogens (tertiary/aromatic N) is 1. The topological polar surface area (TPSA) is 46.3 Å². The van der Waals surface area contributed by atoms with Crippen LogP contribution in [0.15, 0.2) is 30.3 Å². The first-order valence-electron chi connectivity index (χ1n) is 7.68. The van der Waals surface area contributed by atoms with E-state index >= 15 is 0 Å². The lowest BCUT2D eigenvalue weighted by molar-refractivity contribution is -0.134. The number of benzene rings is 1. The second-order valence-electron chi connectivity index (χ2n) is 6.15. The monoisotopic (exact) mass is 310 g/mol. The molecule has 0 aromatic heterocycles. The lowest BCUT2D eigenvalue weighted by atomic mass is 10.0. The SMILES string of the molecule is CC1CCCC(C)N(C(=O)CC(N)c2ccccc2)C1.Cl. The van der Waals surface area contributed by atoms with Crippen molar-refractivity contribution in [3.63, 3.8) is 0 Å². The summed E-state index contributed by atoms with van der Waals surface area (Å²) in [6.07, 6.45) is 3.95. The minimum Gasteiger partial charge on any atom is -0.340 e. The summed E-state index contributed by atoms with van der Waals surface area (Å²) in [5.74, 6) is 0.791. The summed E-state index contributed by atoms with van der Waals surface area (Å²) in [5.41, 5.74) is 7.21. The molecule has 0 saturated carbocycles. The molecule has 2 rings (SSSR count). The van der Waals surface area contributed by atoms with Crippen LogP contribution in [-0.4, -0.2) is 23.4 Å². The molecule has 1 aromatic rings. The third-order valence-corrected chi connectivity index (χ3v) is 4.30. The van der Waals surface area contributed by atoms with E-state index in [2.05, 4.69) is 13.8 Å². The summed E-state index contributed by atoms with van der Waals surface area (Å²) >= 11 is 0. The van der Waals surface area contributed by atoms with Gasteiger partial charge in [0.15, 0.2) is 0 Å². The minimum absolute atomic E-state index is 0. The van der Waals surface area contributed by atoms with Crippen molar-refractivity contribution in [2.24, 2.45) is 11.7 Å². The molecule has 0 aliphatic carbocycles. The highest BCUT2D eigenvalue weighted by atomic mass is 35.5. The first-order valence-corrected chi connectivity index (χ1v) is 7.68. The molecule has 0 spiro atoms. The zero-order chi connectivity index (χ0) is 14.5. The number of hydrogen-bond donors (Lipinski definition) is 1. The Labute approximate surface area is 134 Å². The van der Waals surface area contributed by atoms with Gasteiger partial charge in [-0.25, -0.2) is 0 Å². The van der Waals surface area contributed by atoms with Crippen molar-refractivity contribution in [3.8, 4) is 0 Å². The van der Waals surface area contributed by atoms with E-state index in [-0.39, 0.29) is 24.4 Å². The Morgan fingerprint density at radius 1 is 1.29 bits per heavy atom. The van der Waals surface area contributed by atoms with Crippen LogP contribution in [0.1, 0.15) is 51.1 Å². The molecule has 3 atom stereocenters. The fourth-order valence-corrected chi connectivity index (χ4v) is 3.00. The summed E-state index contributed by atoms with van der Waals surface area (Å²) in [7, 11) is 0. The summed E-state index contributed by atoms with van der Waals surface area (Å²) in [4.78, 5) is 14.6. The van der Waals surface area contributed by atoms with Gasteiger partial charge in [0.25, 0.3) is 0 Å².